The third-order valence-corrected chi connectivity index (χ3v) is 5.09. The number of carbonyl (C=O) groups is 1. The Morgan fingerprint density at radius 2 is 1.87 bits per heavy atom. The molecule has 0 saturated heterocycles. The van der Waals surface area contributed by atoms with Crippen LogP contribution in [-0.2, 0) is 6.61 Å². The molecule has 0 spiro atoms. The molecule has 5 nitrogen and oxygen atoms in total. The average Bonchev–Trinajstić information content (AvgIpc) is 2.75. The maximum Gasteiger partial charge on any atom is 0.271 e. The molecular weight excluding hydrogens is 468 g/mol. The molecule has 0 unspecified atom stereocenters. The standard InChI is InChI=1S/C23H20BrClN2O3/c1-2-29-19-10-8-17(9-11-19)23(28)27-26-14-16-7-12-22(20(24)13-16)30-15-18-5-3-4-6-21(18)25/h3-14H,2,15H2,1H3,(H,27,28)/b26-14-. The van der Waals surface area contributed by atoms with Gasteiger partial charge in [0.1, 0.15) is 18.1 Å². The number of hydrazone groups is 1. The zero-order valence-electron chi connectivity index (χ0n) is 16.3. The van der Waals surface area contributed by atoms with Crippen molar-refractivity contribution in [1.29, 1.82) is 0 Å². The quantitative estimate of drug-likeness (QED) is 0.320. The van der Waals surface area contributed by atoms with Gasteiger partial charge in [0.2, 0.25) is 0 Å². The van der Waals surface area contributed by atoms with Crippen LogP contribution >= 0.6 is 27.5 Å². The van der Waals surface area contributed by atoms with E-state index in [1.54, 1.807) is 30.5 Å². The molecule has 3 aromatic rings. The lowest BCUT2D eigenvalue weighted by atomic mass is 10.2. The van der Waals surface area contributed by atoms with E-state index in [1.807, 2.05) is 49.4 Å². The van der Waals surface area contributed by atoms with Gasteiger partial charge < -0.3 is 9.47 Å². The molecule has 30 heavy (non-hydrogen) atoms. The van der Waals surface area contributed by atoms with Crippen molar-refractivity contribution in [1.82, 2.24) is 5.43 Å². The highest BCUT2D eigenvalue weighted by Crippen LogP contribution is 2.27. The first-order chi connectivity index (χ1) is 14.6. The Kier molecular flexibility index (Phi) is 7.88. The molecule has 3 rings (SSSR count). The molecular formula is C23H20BrClN2O3. The molecule has 1 N–H and O–H groups in total. The summed E-state index contributed by atoms with van der Waals surface area (Å²) in [5, 5.41) is 4.69. The van der Waals surface area contributed by atoms with Crippen LogP contribution in [0.25, 0.3) is 0 Å². The highest BCUT2D eigenvalue weighted by Gasteiger charge is 2.06. The summed E-state index contributed by atoms with van der Waals surface area (Å²) in [6, 6.07) is 20.0. The largest absolute Gasteiger partial charge is 0.494 e. The van der Waals surface area contributed by atoms with Crippen LogP contribution in [0.1, 0.15) is 28.4 Å². The van der Waals surface area contributed by atoms with Gasteiger partial charge in [0.05, 0.1) is 17.3 Å². The Bertz CT molecular complexity index is 1040. The predicted molar refractivity (Wildman–Crippen MR) is 123 cm³/mol. The van der Waals surface area contributed by atoms with Crippen molar-refractivity contribution in [3.63, 3.8) is 0 Å². The molecule has 0 heterocycles. The maximum atomic E-state index is 12.2. The first-order valence-corrected chi connectivity index (χ1v) is 10.5. The lowest BCUT2D eigenvalue weighted by molar-refractivity contribution is 0.0955. The number of rotatable bonds is 8. The van der Waals surface area contributed by atoms with Gasteiger partial charge in [-0.05, 0) is 76.9 Å². The van der Waals surface area contributed by atoms with Gasteiger partial charge in [-0.25, -0.2) is 5.43 Å². The summed E-state index contributed by atoms with van der Waals surface area (Å²) in [5.74, 6) is 1.11. The summed E-state index contributed by atoms with van der Waals surface area (Å²) < 4.78 is 12.0. The zero-order valence-corrected chi connectivity index (χ0v) is 18.6. The second kappa shape index (κ2) is 10.8. The lowest BCUT2D eigenvalue weighted by Gasteiger charge is -2.10. The van der Waals surface area contributed by atoms with Crippen LogP contribution in [0.15, 0.2) is 76.3 Å². The van der Waals surface area contributed by atoms with Crippen LogP contribution in [0.2, 0.25) is 5.02 Å². The molecule has 7 heteroatoms. The van der Waals surface area contributed by atoms with Gasteiger partial charge in [-0.3, -0.25) is 4.79 Å². The Morgan fingerprint density at radius 3 is 2.57 bits per heavy atom. The number of ether oxygens (including phenoxy) is 2. The zero-order chi connectivity index (χ0) is 21.3. The van der Waals surface area contributed by atoms with Crippen molar-refractivity contribution in [3.8, 4) is 11.5 Å². The van der Waals surface area contributed by atoms with E-state index in [0.717, 1.165) is 21.3 Å². The Balaban J connectivity index is 1.56. The van der Waals surface area contributed by atoms with E-state index in [2.05, 4.69) is 26.5 Å². The molecule has 0 bridgehead atoms. The van der Waals surface area contributed by atoms with Gasteiger partial charge >= 0.3 is 0 Å². The number of benzene rings is 3. The molecule has 0 aromatic heterocycles. The fourth-order valence-electron chi connectivity index (χ4n) is 2.58. The summed E-state index contributed by atoms with van der Waals surface area (Å²) in [5.41, 5.74) is 4.73. The predicted octanol–water partition coefficient (Wildman–Crippen LogP) is 5.84. The van der Waals surface area contributed by atoms with E-state index in [9.17, 15) is 4.79 Å². The Hall–Kier alpha value is -2.83. The molecule has 0 radical (unpaired) electrons. The van der Waals surface area contributed by atoms with Crippen LogP contribution in [0, 0.1) is 0 Å². The summed E-state index contributed by atoms with van der Waals surface area (Å²) in [4.78, 5) is 12.2. The monoisotopic (exact) mass is 486 g/mol. The van der Waals surface area contributed by atoms with E-state index in [0.29, 0.717) is 29.5 Å². The number of hydrogen-bond acceptors (Lipinski definition) is 4. The topological polar surface area (TPSA) is 59.9 Å². The van der Waals surface area contributed by atoms with Crippen LogP contribution in [0.5, 0.6) is 11.5 Å². The smallest absolute Gasteiger partial charge is 0.271 e. The first-order valence-electron chi connectivity index (χ1n) is 9.29. The Morgan fingerprint density at radius 1 is 1.10 bits per heavy atom. The molecule has 0 aliphatic rings. The van der Waals surface area contributed by atoms with Crippen molar-refractivity contribution in [3.05, 3.63) is 92.9 Å². The highest BCUT2D eigenvalue weighted by atomic mass is 79.9. The van der Waals surface area contributed by atoms with Gasteiger partial charge in [-0.15, -0.1) is 0 Å². The van der Waals surface area contributed by atoms with E-state index in [4.69, 9.17) is 21.1 Å². The van der Waals surface area contributed by atoms with Gasteiger partial charge in [0.15, 0.2) is 0 Å². The first kappa shape index (κ1) is 21.9. The fourth-order valence-corrected chi connectivity index (χ4v) is 3.29. The van der Waals surface area contributed by atoms with Crippen molar-refractivity contribution in [2.24, 2.45) is 5.10 Å². The summed E-state index contributed by atoms with van der Waals surface area (Å²) in [7, 11) is 0. The molecule has 0 atom stereocenters. The molecule has 1 amide bonds. The van der Waals surface area contributed by atoms with Crippen molar-refractivity contribution < 1.29 is 14.3 Å². The molecule has 0 saturated carbocycles. The van der Waals surface area contributed by atoms with Crippen molar-refractivity contribution >= 4 is 39.7 Å². The van der Waals surface area contributed by atoms with Crippen LogP contribution < -0.4 is 14.9 Å². The van der Waals surface area contributed by atoms with E-state index < -0.39 is 0 Å². The van der Waals surface area contributed by atoms with Gasteiger partial charge in [-0.1, -0.05) is 29.8 Å². The lowest BCUT2D eigenvalue weighted by Crippen LogP contribution is -2.17. The maximum absolute atomic E-state index is 12.2. The Labute approximate surface area is 188 Å². The number of carbonyl (C=O) groups excluding carboxylic acids is 1. The van der Waals surface area contributed by atoms with E-state index in [-0.39, 0.29) is 5.91 Å². The molecule has 0 aliphatic carbocycles. The van der Waals surface area contributed by atoms with Gasteiger partial charge in [0.25, 0.3) is 5.91 Å². The second-order valence-electron chi connectivity index (χ2n) is 6.23. The molecule has 0 fully saturated rings. The summed E-state index contributed by atoms with van der Waals surface area (Å²) >= 11 is 9.65. The van der Waals surface area contributed by atoms with E-state index in [1.165, 1.54) is 0 Å². The number of nitrogens with one attached hydrogen (secondary N) is 1. The minimum absolute atomic E-state index is 0.298. The molecule has 3 aromatic carbocycles. The number of hydrogen-bond donors (Lipinski definition) is 1. The van der Waals surface area contributed by atoms with E-state index >= 15 is 0 Å². The van der Waals surface area contributed by atoms with Gasteiger partial charge in [0, 0.05) is 16.1 Å². The SMILES string of the molecule is CCOc1ccc(C(=O)N/N=C\c2ccc(OCc3ccccc3Cl)c(Br)c2)cc1. The molecule has 0 aliphatic heterocycles. The number of halogens is 2. The van der Waals surface area contributed by atoms with Crippen LogP contribution in [0.4, 0.5) is 0 Å². The molecule has 154 valence electrons. The third kappa shape index (κ3) is 6.08. The van der Waals surface area contributed by atoms with Crippen LogP contribution in [-0.4, -0.2) is 18.7 Å². The second-order valence-corrected chi connectivity index (χ2v) is 7.49. The van der Waals surface area contributed by atoms with Crippen molar-refractivity contribution in [2.75, 3.05) is 6.61 Å². The number of nitrogens with zero attached hydrogens (tertiary/aromatic N) is 1. The highest BCUT2D eigenvalue weighted by molar-refractivity contribution is 9.10. The van der Waals surface area contributed by atoms with Crippen molar-refractivity contribution in [2.45, 2.75) is 13.5 Å². The van der Waals surface area contributed by atoms with Crippen LogP contribution in [0.3, 0.4) is 0 Å². The normalized spacial score (nSPS) is 10.8. The fraction of sp³-hybridized carbons (Fsp3) is 0.130. The third-order valence-electron chi connectivity index (χ3n) is 4.10. The summed E-state index contributed by atoms with van der Waals surface area (Å²) in [6.45, 7) is 2.85. The number of amides is 1. The minimum atomic E-state index is -0.298. The average molecular weight is 488 g/mol. The van der Waals surface area contributed by atoms with Gasteiger partial charge in [-0.2, -0.15) is 5.10 Å². The summed E-state index contributed by atoms with van der Waals surface area (Å²) in [6.07, 6.45) is 1.56. The minimum Gasteiger partial charge on any atom is -0.494 e.